The number of nitrogen functional groups attached to an aromatic ring is 1. The number of anilines is 2. The Morgan fingerprint density at radius 1 is 1.15 bits per heavy atom. The van der Waals surface area contributed by atoms with Crippen molar-refractivity contribution in [2.24, 2.45) is 0 Å². The second-order valence-electron chi connectivity index (χ2n) is 5.48. The molecule has 2 aromatic rings. The highest BCUT2D eigenvalue weighted by Gasteiger charge is 2.20. The molecule has 2 aromatic carbocycles. The summed E-state index contributed by atoms with van der Waals surface area (Å²) in [4.78, 5) is 0. The Kier molecular flexibility index (Phi) is 4.33. The van der Waals surface area contributed by atoms with Crippen molar-refractivity contribution < 1.29 is 4.39 Å². The Hall–Kier alpha value is -1.55. The minimum absolute atomic E-state index is 0.0570. The summed E-state index contributed by atoms with van der Waals surface area (Å²) in [5.41, 5.74) is 7.54. The lowest BCUT2D eigenvalue weighted by Gasteiger charge is -2.26. The van der Waals surface area contributed by atoms with Crippen LogP contribution in [0.3, 0.4) is 0 Å². The smallest absolute Gasteiger partial charge is 0.148 e. The van der Waals surface area contributed by atoms with Crippen molar-refractivity contribution in [1.82, 2.24) is 0 Å². The molecule has 0 saturated carbocycles. The molecule has 0 spiro atoms. The first-order chi connectivity index (χ1) is 9.38. The lowest BCUT2D eigenvalue weighted by atomic mass is 9.84. The zero-order valence-electron chi connectivity index (χ0n) is 11.6. The fourth-order valence-electron chi connectivity index (χ4n) is 1.96. The van der Waals surface area contributed by atoms with E-state index in [1.165, 1.54) is 11.6 Å². The monoisotopic (exact) mass is 336 g/mol. The first-order valence-electron chi connectivity index (χ1n) is 6.43. The average Bonchev–Trinajstić information content (AvgIpc) is 2.41. The molecule has 0 saturated heterocycles. The molecule has 0 radical (unpaired) electrons. The van der Waals surface area contributed by atoms with Gasteiger partial charge in [0, 0.05) is 22.1 Å². The standard InChI is InChI=1S/C16H18BrFN2/c1-16(2,11-3-5-12(17)6-4-11)10-20-13-7-8-15(19)14(18)9-13/h3-9,20H,10,19H2,1-2H3. The highest BCUT2D eigenvalue weighted by atomic mass is 79.9. The Morgan fingerprint density at radius 3 is 2.40 bits per heavy atom. The van der Waals surface area contributed by atoms with E-state index in [1.807, 2.05) is 12.1 Å². The topological polar surface area (TPSA) is 38.0 Å². The molecule has 0 aromatic heterocycles. The van der Waals surface area contributed by atoms with Gasteiger partial charge in [0.2, 0.25) is 0 Å². The van der Waals surface area contributed by atoms with E-state index in [4.69, 9.17) is 5.73 Å². The number of nitrogens with one attached hydrogen (secondary N) is 1. The van der Waals surface area contributed by atoms with Crippen LogP contribution in [0, 0.1) is 5.82 Å². The molecular formula is C16H18BrFN2. The molecule has 0 unspecified atom stereocenters. The molecule has 20 heavy (non-hydrogen) atoms. The van der Waals surface area contributed by atoms with Crippen molar-refractivity contribution in [3.05, 3.63) is 58.3 Å². The largest absolute Gasteiger partial charge is 0.396 e. The van der Waals surface area contributed by atoms with E-state index in [-0.39, 0.29) is 11.1 Å². The summed E-state index contributed by atoms with van der Waals surface area (Å²) in [5.74, 6) is -0.392. The molecular weight excluding hydrogens is 319 g/mol. The molecule has 0 atom stereocenters. The minimum atomic E-state index is -0.392. The van der Waals surface area contributed by atoms with Crippen molar-refractivity contribution in [3.63, 3.8) is 0 Å². The molecule has 0 heterocycles. The zero-order chi connectivity index (χ0) is 14.8. The maximum atomic E-state index is 13.4. The Morgan fingerprint density at radius 2 is 1.80 bits per heavy atom. The van der Waals surface area contributed by atoms with E-state index < -0.39 is 5.82 Å². The van der Waals surface area contributed by atoms with Gasteiger partial charge in [0.1, 0.15) is 5.82 Å². The second-order valence-corrected chi connectivity index (χ2v) is 6.40. The molecule has 0 amide bonds. The van der Waals surface area contributed by atoms with Crippen LogP contribution in [0.2, 0.25) is 0 Å². The summed E-state index contributed by atoms with van der Waals surface area (Å²) in [6.07, 6.45) is 0. The quantitative estimate of drug-likeness (QED) is 0.803. The van der Waals surface area contributed by atoms with Crippen LogP contribution < -0.4 is 11.1 Å². The van der Waals surface area contributed by atoms with Gasteiger partial charge in [-0.1, -0.05) is 41.9 Å². The fourth-order valence-corrected chi connectivity index (χ4v) is 2.23. The van der Waals surface area contributed by atoms with Gasteiger partial charge in [0.15, 0.2) is 0 Å². The van der Waals surface area contributed by atoms with Crippen molar-refractivity contribution >= 4 is 27.3 Å². The first kappa shape index (κ1) is 14.9. The van der Waals surface area contributed by atoms with E-state index in [1.54, 1.807) is 12.1 Å². The summed E-state index contributed by atoms with van der Waals surface area (Å²) < 4.78 is 14.5. The van der Waals surface area contributed by atoms with Gasteiger partial charge in [0.25, 0.3) is 0 Å². The molecule has 0 aliphatic rings. The van der Waals surface area contributed by atoms with Crippen molar-refractivity contribution in [2.75, 3.05) is 17.6 Å². The van der Waals surface area contributed by atoms with Crippen molar-refractivity contribution in [1.29, 1.82) is 0 Å². The number of benzene rings is 2. The van der Waals surface area contributed by atoms with Crippen LogP contribution in [0.15, 0.2) is 46.9 Å². The normalized spacial score (nSPS) is 11.4. The Balaban J connectivity index is 2.08. The fraction of sp³-hybridized carbons (Fsp3) is 0.250. The van der Waals surface area contributed by atoms with Gasteiger partial charge in [-0.15, -0.1) is 0 Å². The summed E-state index contributed by atoms with van der Waals surface area (Å²) in [7, 11) is 0. The molecule has 2 rings (SSSR count). The summed E-state index contributed by atoms with van der Waals surface area (Å²) in [5, 5.41) is 3.26. The third-order valence-electron chi connectivity index (χ3n) is 3.36. The minimum Gasteiger partial charge on any atom is -0.396 e. The van der Waals surface area contributed by atoms with Gasteiger partial charge in [-0.3, -0.25) is 0 Å². The third-order valence-corrected chi connectivity index (χ3v) is 3.89. The lowest BCUT2D eigenvalue weighted by Crippen LogP contribution is -2.27. The summed E-state index contributed by atoms with van der Waals surface area (Å²) >= 11 is 3.43. The SMILES string of the molecule is CC(C)(CNc1ccc(N)c(F)c1)c1ccc(Br)cc1. The number of rotatable bonds is 4. The summed E-state index contributed by atoms with van der Waals surface area (Å²) in [6, 6.07) is 13.0. The van der Waals surface area contributed by atoms with Crippen molar-refractivity contribution in [2.45, 2.75) is 19.3 Å². The molecule has 4 heteroatoms. The van der Waals surface area contributed by atoms with Crippen LogP contribution in [-0.2, 0) is 5.41 Å². The molecule has 2 nitrogen and oxygen atoms in total. The van der Waals surface area contributed by atoms with E-state index in [9.17, 15) is 4.39 Å². The van der Waals surface area contributed by atoms with Crippen LogP contribution >= 0.6 is 15.9 Å². The molecule has 0 bridgehead atoms. The number of hydrogen-bond acceptors (Lipinski definition) is 2. The predicted octanol–water partition coefficient (Wildman–Crippen LogP) is 4.56. The Labute approximate surface area is 127 Å². The molecule has 3 N–H and O–H groups in total. The van der Waals surface area contributed by atoms with E-state index >= 15 is 0 Å². The molecule has 106 valence electrons. The molecule has 0 fully saturated rings. The van der Waals surface area contributed by atoms with Crippen LogP contribution in [0.4, 0.5) is 15.8 Å². The van der Waals surface area contributed by atoms with Gasteiger partial charge in [-0.05, 0) is 35.9 Å². The predicted molar refractivity (Wildman–Crippen MR) is 86.5 cm³/mol. The van der Waals surface area contributed by atoms with E-state index in [0.717, 1.165) is 10.2 Å². The van der Waals surface area contributed by atoms with Gasteiger partial charge in [-0.25, -0.2) is 4.39 Å². The van der Waals surface area contributed by atoms with E-state index in [2.05, 4.69) is 47.2 Å². The van der Waals surface area contributed by atoms with Crippen LogP contribution in [0.5, 0.6) is 0 Å². The van der Waals surface area contributed by atoms with Gasteiger partial charge < -0.3 is 11.1 Å². The van der Waals surface area contributed by atoms with Crippen LogP contribution in [-0.4, -0.2) is 6.54 Å². The maximum absolute atomic E-state index is 13.4. The van der Waals surface area contributed by atoms with Crippen molar-refractivity contribution in [3.8, 4) is 0 Å². The number of hydrogen-bond donors (Lipinski definition) is 2. The Bertz CT molecular complexity index is 594. The van der Waals surface area contributed by atoms with Gasteiger partial charge in [0.05, 0.1) is 5.69 Å². The van der Waals surface area contributed by atoms with Crippen LogP contribution in [0.25, 0.3) is 0 Å². The third kappa shape index (κ3) is 3.51. The summed E-state index contributed by atoms with van der Waals surface area (Å²) in [6.45, 7) is 5.01. The highest BCUT2D eigenvalue weighted by Crippen LogP contribution is 2.26. The molecule has 0 aliphatic carbocycles. The number of halogens is 2. The van der Waals surface area contributed by atoms with E-state index in [0.29, 0.717) is 6.54 Å². The van der Waals surface area contributed by atoms with Gasteiger partial charge in [-0.2, -0.15) is 0 Å². The first-order valence-corrected chi connectivity index (χ1v) is 7.23. The zero-order valence-corrected chi connectivity index (χ0v) is 13.2. The highest BCUT2D eigenvalue weighted by molar-refractivity contribution is 9.10. The van der Waals surface area contributed by atoms with Crippen LogP contribution in [0.1, 0.15) is 19.4 Å². The average molecular weight is 337 g/mol. The number of nitrogens with two attached hydrogens (primary N) is 1. The van der Waals surface area contributed by atoms with Gasteiger partial charge >= 0.3 is 0 Å². The second kappa shape index (κ2) is 5.83. The maximum Gasteiger partial charge on any atom is 0.148 e. The molecule has 0 aliphatic heterocycles. The lowest BCUT2D eigenvalue weighted by molar-refractivity contribution is 0.556.